The number of aliphatic carboxylic acids is 1. The van der Waals surface area contributed by atoms with Crippen LogP contribution in [0.2, 0.25) is 0 Å². The molecule has 0 saturated carbocycles. The third kappa shape index (κ3) is 18.0. The predicted molar refractivity (Wildman–Crippen MR) is 108 cm³/mol. The second kappa shape index (κ2) is 23.2. The minimum atomic E-state index is -0.786. The van der Waals surface area contributed by atoms with Gasteiger partial charge in [-0.1, -0.05) is 109 Å². The number of hydrogen-bond donors (Lipinski definition) is 1. The molecule has 0 aliphatic carbocycles. The lowest BCUT2D eigenvalue weighted by atomic mass is 10.2. The Labute approximate surface area is 149 Å². The van der Waals surface area contributed by atoms with Gasteiger partial charge in [-0.2, -0.15) is 0 Å². The first kappa shape index (κ1) is 26.8. The van der Waals surface area contributed by atoms with Crippen molar-refractivity contribution in [2.24, 2.45) is 0 Å². The molecule has 1 N–H and O–H groups in total. The van der Waals surface area contributed by atoms with Gasteiger partial charge in [0.05, 0.1) is 6.42 Å². The molecule has 0 heterocycles. The van der Waals surface area contributed by atoms with Crippen LogP contribution in [-0.2, 0) is 17.6 Å². The van der Waals surface area contributed by atoms with E-state index in [1.807, 2.05) is 65.8 Å². The van der Waals surface area contributed by atoms with Crippen molar-refractivity contribution in [2.45, 2.75) is 61.3 Å². The van der Waals surface area contributed by atoms with E-state index >= 15 is 0 Å². The van der Waals surface area contributed by atoms with E-state index < -0.39 is 5.97 Å². The summed E-state index contributed by atoms with van der Waals surface area (Å²) in [5, 5.41) is 8.37. The molecular formula is C22H36O2. The highest BCUT2D eigenvalue weighted by Gasteiger charge is 1.96. The van der Waals surface area contributed by atoms with Gasteiger partial charge in [0, 0.05) is 0 Å². The lowest BCUT2D eigenvalue weighted by Gasteiger charge is -1.92. The van der Waals surface area contributed by atoms with E-state index in [1.165, 1.54) is 5.56 Å². The summed E-state index contributed by atoms with van der Waals surface area (Å²) in [6, 6.07) is 19.6. The zero-order valence-corrected chi connectivity index (χ0v) is 16.5. The quantitative estimate of drug-likeness (QED) is 0.684. The van der Waals surface area contributed by atoms with Gasteiger partial charge in [0.15, 0.2) is 0 Å². The fraction of sp³-hybridized carbons (Fsp3) is 0.409. The van der Waals surface area contributed by atoms with Crippen LogP contribution in [0.3, 0.4) is 0 Å². The second-order valence-electron chi connectivity index (χ2n) is 3.90. The molecule has 2 nitrogen and oxygen atoms in total. The van der Waals surface area contributed by atoms with E-state index in [0.29, 0.717) is 0 Å². The predicted octanol–water partition coefficient (Wildman–Crippen LogP) is 6.64. The normalized spacial score (nSPS) is 7.62. The topological polar surface area (TPSA) is 37.3 Å². The Bertz CT molecular complexity index is 450. The Balaban J connectivity index is -0.000000284. The van der Waals surface area contributed by atoms with Gasteiger partial charge in [0.25, 0.3) is 0 Å². The van der Waals surface area contributed by atoms with Gasteiger partial charge in [-0.05, 0) is 17.5 Å². The van der Waals surface area contributed by atoms with Gasteiger partial charge in [0.1, 0.15) is 0 Å². The molecule has 0 aromatic heterocycles. The highest BCUT2D eigenvalue weighted by atomic mass is 16.4. The molecule has 0 spiro atoms. The van der Waals surface area contributed by atoms with Crippen molar-refractivity contribution in [3.05, 3.63) is 71.8 Å². The van der Waals surface area contributed by atoms with Crippen LogP contribution < -0.4 is 0 Å². The van der Waals surface area contributed by atoms with Crippen LogP contribution in [0.15, 0.2) is 60.7 Å². The molecule has 0 unspecified atom stereocenters. The molecule has 0 radical (unpaired) electrons. The number of rotatable bonds is 3. The Hall–Kier alpha value is -2.09. The molecule has 0 atom stereocenters. The summed E-state index contributed by atoms with van der Waals surface area (Å²) in [7, 11) is 0. The van der Waals surface area contributed by atoms with Gasteiger partial charge in [0.2, 0.25) is 0 Å². The van der Waals surface area contributed by atoms with Crippen LogP contribution in [0, 0.1) is 0 Å². The van der Waals surface area contributed by atoms with E-state index in [9.17, 15) is 4.79 Å². The largest absolute Gasteiger partial charge is 0.481 e. The SMILES string of the molecule is CC.CC.CC.CCc1ccccc1.O=C(O)Cc1ccccc1. The molecule has 2 heteroatoms. The van der Waals surface area contributed by atoms with Crippen molar-refractivity contribution in [3.8, 4) is 0 Å². The number of benzene rings is 2. The molecule has 136 valence electrons. The molecule has 2 rings (SSSR count). The first-order valence-electron chi connectivity index (χ1n) is 9.02. The maximum atomic E-state index is 10.2. The average molecular weight is 333 g/mol. The molecule has 0 aliphatic rings. The van der Waals surface area contributed by atoms with Crippen molar-refractivity contribution < 1.29 is 9.90 Å². The number of carboxylic acids is 1. The monoisotopic (exact) mass is 332 g/mol. The van der Waals surface area contributed by atoms with Crippen LogP contribution in [0.4, 0.5) is 0 Å². The minimum Gasteiger partial charge on any atom is -0.481 e. The average Bonchev–Trinajstić information content (AvgIpc) is 2.68. The van der Waals surface area contributed by atoms with Crippen molar-refractivity contribution in [1.29, 1.82) is 0 Å². The molecule has 0 bridgehead atoms. The van der Waals surface area contributed by atoms with Gasteiger partial charge >= 0.3 is 5.97 Å². The van der Waals surface area contributed by atoms with Crippen molar-refractivity contribution in [1.82, 2.24) is 0 Å². The maximum Gasteiger partial charge on any atom is 0.307 e. The van der Waals surface area contributed by atoms with Crippen molar-refractivity contribution in [2.75, 3.05) is 0 Å². The Morgan fingerprint density at radius 1 is 0.708 bits per heavy atom. The Morgan fingerprint density at radius 3 is 1.29 bits per heavy atom. The van der Waals surface area contributed by atoms with Crippen LogP contribution in [0.1, 0.15) is 59.6 Å². The van der Waals surface area contributed by atoms with E-state index in [4.69, 9.17) is 5.11 Å². The molecule has 2 aromatic rings. The lowest BCUT2D eigenvalue weighted by Crippen LogP contribution is -1.98. The Morgan fingerprint density at radius 2 is 1.04 bits per heavy atom. The van der Waals surface area contributed by atoms with E-state index in [2.05, 4.69) is 31.2 Å². The molecule has 0 fully saturated rings. The van der Waals surface area contributed by atoms with E-state index in [-0.39, 0.29) is 6.42 Å². The van der Waals surface area contributed by atoms with Crippen molar-refractivity contribution in [3.63, 3.8) is 0 Å². The van der Waals surface area contributed by atoms with Crippen LogP contribution in [0.25, 0.3) is 0 Å². The standard InChI is InChI=1S/C8H8O2.C8H10.3C2H6/c9-8(10)6-7-4-2-1-3-5-7;1-2-8-6-4-3-5-7-8;3*1-2/h1-5H,6H2,(H,9,10);3-7H,2H2,1H3;3*1-2H3. The zero-order chi connectivity index (χ0) is 19.2. The van der Waals surface area contributed by atoms with E-state index in [0.717, 1.165) is 12.0 Å². The summed E-state index contributed by atoms with van der Waals surface area (Å²) in [4.78, 5) is 10.2. The third-order valence-corrected chi connectivity index (χ3v) is 2.45. The molecule has 0 saturated heterocycles. The van der Waals surface area contributed by atoms with E-state index in [1.54, 1.807) is 12.1 Å². The third-order valence-electron chi connectivity index (χ3n) is 2.45. The molecule has 2 aromatic carbocycles. The zero-order valence-electron chi connectivity index (χ0n) is 16.5. The summed E-state index contributed by atoms with van der Waals surface area (Å²) in [5.41, 5.74) is 2.25. The number of hydrogen-bond acceptors (Lipinski definition) is 1. The summed E-state index contributed by atoms with van der Waals surface area (Å²) in [6.07, 6.45) is 1.25. The lowest BCUT2D eigenvalue weighted by molar-refractivity contribution is -0.136. The van der Waals surface area contributed by atoms with Gasteiger partial charge < -0.3 is 5.11 Å². The van der Waals surface area contributed by atoms with Crippen LogP contribution in [0.5, 0.6) is 0 Å². The number of carboxylic acid groups (broad SMARTS) is 1. The highest BCUT2D eigenvalue weighted by molar-refractivity contribution is 5.70. The molecular weight excluding hydrogens is 296 g/mol. The van der Waals surface area contributed by atoms with Crippen molar-refractivity contribution >= 4 is 5.97 Å². The van der Waals surface area contributed by atoms with Gasteiger partial charge in [-0.25, -0.2) is 0 Å². The summed E-state index contributed by atoms with van der Waals surface area (Å²) < 4.78 is 0. The molecule has 0 amide bonds. The van der Waals surface area contributed by atoms with Gasteiger partial charge in [-0.15, -0.1) is 0 Å². The molecule has 0 aliphatic heterocycles. The second-order valence-corrected chi connectivity index (χ2v) is 3.90. The number of aryl methyl sites for hydroxylation is 1. The van der Waals surface area contributed by atoms with Gasteiger partial charge in [-0.3, -0.25) is 4.79 Å². The summed E-state index contributed by atoms with van der Waals surface area (Å²) in [6.45, 7) is 14.2. The summed E-state index contributed by atoms with van der Waals surface area (Å²) in [5.74, 6) is -0.786. The minimum absolute atomic E-state index is 0.112. The highest BCUT2D eigenvalue weighted by Crippen LogP contribution is 1.98. The van der Waals surface area contributed by atoms with Crippen LogP contribution >= 0.6 is 0 Å². The fourth-order valence-corrected chi connectivity index (χ4v) is 1.48. The maximum absolute atomic E-state index is 10.2. The smallest absolute Gasteiger partial charge is 0.307 e. The molecule has 24 heavy (non-hydrogen) atoms. The number of carbonyl (C=O) groups is 1. The van der Waals surface area contributed by atoms with Crippen LogP contribution in [-0.4, -0.2) is 11.1 Å². The first-order valence-corrected chi connectivity index (χ1v) is 9.02. The Kier molecular flexibility index (Phi) is 25.9. The first-order chi connectivity index (χ1) is 11.7. The fourth-order valence-electron chi connectivity index (χ4n) is 1.48. The summed E-state index contributed by atoms with van der Waals surface area (Å²) >= 11 is 0.